The topological polar surface area (TPSA) is 64.4 Å². The molecule has 0 aliphatic heterocycles. The van der Waals surface area contributed by atoms with Crippen LogP contribution in [0.5, 0.6) is 5.75 Å². The molecule has 0 spiro atoms. The van der Waals surface area contributed by atoms with Crippen LogP contribution in [-0.4, -0.2) is 12.0 Å². The minimum atomic E-state index is -0.153. The largest absolute Gasteiger partial charge is 0.490 e. The highest BCUT2D eigenvalue weighted by Gasteiger charge is 2.16. The van der Waals surface area contributed by atoms with E-state index in [1.807, 2.05) is 37.3 Å². The number of hydrogen-bond acceptors (Lipinski definition) is 3. The third kappa shape index (κ3) is 4.42. The molecule has 0 unspecified atom stereocenters. The molecule has 2 aromatic rings. The molecule has 24 heavy (non-hydrogen) atoms. The fourth-order valence-corrected chi connectivity index (χ4v) is 2.90. The molecule has 1 fully saturated rings. The normalized spacial score (nSPS) is 14.0. The fourth-order valence-electron chi connectivity index (χ4n) is 2.90. The first kappa shape index (κ1) is 18.1. The van der Waals surface area contributed by atoms with Crippen LogP contribution in [0.4, 0.5) is 11.4 Å². The van der Waals surface area contributed by atoms with Crippen LogP contribution in [0.25, 0.3) is 0 Å². The molecule has 1 aliphatic carbocycles. The van der Waals surface area contributed by atoms with Gasteiger partial charge in [-0.3, -0.25) is 4.79 Å². The SMILES string of the molecule is Cc1ccc(N)cc1C(=O)Nc1ccc(OC2CCCC2)cc1.Cl. The number of halogens is 1. The van der Waals surface area contributed by atoms with Gasteiger partial charge < -0.3 is 15.8 Å². The second kappa shape index (κ2) is 8.06. The van der Waals surface area contributed by atoms with Crippen LogP contribution in [0.15, 0.2) is 42.5 Å². The number of carbonyl (C=O) groups excluding carboxylic acids is 1. The maximum absolute atomic E-state index is 12.4. The zero-order valence-electron chi connectivity index (χ0n) is 13.7. The van der Waals surface area contributed by atoms with Crippen LogP contribution in [-0.2, 0) is 0 Å². The number of nitrogen functional groups attached to an aromatic ring is 1. The number of amides is 1. The summed E-state index contributed by atoms with van der Waals surface area (Å²) in [6.45, 7) is 1.90. The molecule has 0 bridgehead atoms. The van der Waals surface area contributed by atoms with Crippen molar-refractivity contribution in [3.63, 3.8) is 0 Å². The molecule has 1 aliphatic rings. The van der Waals surface area contributed by atoms with E-state index in [0.717, 1.165) is 29.8 Å². The maximum Gasteiger partial charge on any atom is 0.256 e. The van der Waals surface area contributed by atoms with Gasteiger partial charge in [-0.1, -0.05) is 6.07 Å². The second-order valence-electron chi connectivity index (χ2n) is 6.08. The van der Waals surface area contributed by atoms with Gasteiger partial charge >= 0.3 is 0 Å². The van der Waals surface area contributed by atoms with Crippen molar-refractivity contribution >= 4 is 29.7 Å². The van der Waals surface area contributed by atoms with Gasteiger partial charge in [-0.2, -0.15) is 0 Å². The predicted octanol–water partition coefficient (Wildman–Crippen LogP) is 4.57. The molecule has 0 saturated heterocycles. The van der Waals surface area contributed by atoms with Gasteiger partial charge in [0.15, 0.2) is 0 Å². The van der Waals surface area contributed by atoms with E-state index < -0.39 is 0 Å². The molecule has 128 valence electrons. The van der Waals surface area contributed by atoms with Crippen LogP contribution in [0.3, 0.4) is 0 Å². The van der Waals surface area contributed by atoms with Crippen molar-refractivity contribution in [1.82, 2.24) is 0 Å². The lowest BCUT2D eigenvalue weighted by atomic mass is 10.1. The Morgan fingerprint density at radius 1 is 1.12 bits per heavy atom. The van der Waals surface area contributed by atoms with Gasteiger partial charge in [-0.25, -0.2) is 0 Å². The Kier molecular flexibility index (Phi) is 6.10. The van der Waals surface area contributed by atoms with E-state index in [9.17, 15) is 4.79 Å². The van der Waals surface area contributed by atoms with Gasteiger partial charge in [0.2, 0.25) is 0 Å². The number of ether oxygens (including phenoxy) is 1. The van der Waals surface area contributed by atoms with Crippen molar-refractivity contribution in [3.05, 3.63) is 53.6 Å². The van der Waals surface area contributed by atoms with E-state index in [4.69, 9.17) is 10.5 Å². The predicted molar refractivity (Wildman–Crippen MR) is 100 cm³/mol. The van der Waals surface area contributed by atoms with Gasteiger partial charge in [0.05, 0.1) is 6.10 Å². The number of hydrogen-bond donors (Lipinski definition) is 2. The van der Waals surface area contributed by atoms with Crippen molar-refractivity contribution in [2.45, 2.75) is 38.7 Å². The summed E-state index contributed by atoms with van der Waals surface area (Å²) in [5, 5.41) is 2.90. The van der Waals surface area contributed by atoms with Crippen molar-refractivity contribution in [1.29, 1.82) is 0 Å². The molecule has 3 N–H and O–H groups in total. The molecule has 0 radical (unpaired) electrons. The van der Waals surface area contributed by atoms with Crippen LogP contribution < -0.4 is 15.8 Å². The fraction of sp³-hybridized carbons (Fsp3) is 0.316. The van der Waals surface area contributed by atoms with Crippen LogP contribution in [0.2, 0.25) is 0 Å². The lowest BCUT2D eigenvalue weighted by Gasteiger charge is -2.13. The minimum absolute atomic E-state index is 0. The van der Waals surface area contributed by atoms with E-state index in [0.29, 0.717) is 17.4 Å². The first-order valence-electron chi connectivity index (χ1n) is 8.06. The average molecular weight is 347 g/mol. The summed E-state index contributed by atoms with van der Waals surface area (Å²) in [7, 11) is 0. The molecule has 5 heteroatoms. The lowest BCUT2D eigenvalue weighted by Crippen LogP contribution is -2.14. The summed E-state index contributed by atoms with van der Waals surface area (Å²) in [6, 6.07) is 12.9. The standard InChI is InChI=1S/C19H22N2O2.ClH/c1-13-6-7-14(20)12-18(13)19(22)21-15-8-10-17(11-9-15)23-16-4-2-3-5-16;/h6-12,16H,2-5,20H2,1H3,(H,21,22);1H. The zero-order valence-corrected chi connectivity index (χ0v) is 14.6. The minimum Gasteiger partial charge on any atom is -0.490 e. The van der Waals surface area contributed by atoms with Crippen LogP contribution in [0, 0.1) is 6.92 Å². The number of nitrogens with one attached hydrogen (secondary N) is 1. The first-order chi connectivity index (χ1) is 11.1. The number of aryl methyl sites for hydroxylation is 1. The van der Waals surface area contributed by atoms with Crippen LogP contribution in [0.1, 0.15) is 41.6 Å². The van der Waals surface area contributed by atoms with Crippen molar-refractivity contribution < 1.29 is 9.53 Å². The zero-order chi connectivity index (χ0) is 16.2. The van der Waals surface area contributed by atoms with E-state index >= 15 is 0 Å². The summed E-state index contributed by atoms with van der Waals surface area (Å²) < 4.78 is 5.93. The van der Waals surface area contributed by atoms with Gasteiger partial charge in [0.25, 0.3) is 5.91 Å². The smallest absolute Gasteiger partial charge is 0.256 e. The van der Waals surface area contributed by atoms with Gasteiger partial charge in [-0.15, -0.1) is 12.4 Å². The Hall–Kier alpha value is -2.20. The Labute approximate surface area is 148 Å². The summed E-state index contributed by atoms with van der Waals surface area (Å²) in [6.07, 6.45) is 5.10. The molecule has 0 aromatic heterocycles. The first-order valence-corrected chi connectivity index (χ1v) is 8.06. The summed E-state index contributed by atoms with van der Waals surface area (Å²) in [5.74, 6) is 0.703. The summed E-state index contributed by atoms with van der Waals surface area (Å²) >= 11 is 0. The Morgan fingerprint density at radius 2 is 1.79 bits per heavy atom. The lowest BCUT2D eigenvalue weighted by molar-refractivity contribution is 0.102. The molecule has 2 aromatic carbocycles. The Morgan fingerprint density at radius 3 is 2.46 bits per heavy atom. The number of benzene rings is 2. The van der Waals surface area contributed by atoms with E-state index in [1.165, 1.54) is 12.8 Å². The van der Waals surface area contributed by atoms with E-state index in [1.54, 1.807) is 12.1 Å². The molecule has 3 rings (SSSR count). The highest BCUT2D eigenvalue weighted by atomic mass is 35.5. The number of nitrogens with two attached hydrogens (primary N) is 1. The van der Waals surface area contributed by atoms with E-state index in [2.05, 4.69) is 5.32 Å². The van der Waals surface area contributed by atoms with Crippen molar-refractivity contribution in [2.75, 3.05) is 11.1 Å². The third-order valence-electron chi connectivity index (χ3n) is 4.22. The highest BCUT2D eigenvalue weighted by Crippen LogP contribution is 2.25. The quantitative estimate of drug-likeness (QED) is 0.797. The van der Waals surface area contributed by atoms with Crippen LogP contribution >= 0.6 is 12.4 Å². The van der Waals surface area contributed by atoms with Crippen molar-refractivity contribution in [2.24, 2.45) is 0 Å². The number of rotatable bonds is 4. The molecule has 0 atom stereocenters. The highest BCUT2D eigenvalue weighted by molar-refractivity contribution is 6.05. The maximum atomic E-state index is 12.4. The van der Waals surface area contributed by atoms with Gasteiger partial charge in [0, 0.05) is 16.9 Å². The number of anilines is 2. The second-order valence-corrected chi connectivity index (χ2v) is 6.08. The molecular formula is C19H23ClN2O2. The molecule has 0 heterocycles. The summed E-state index contributed by atoms with van der Waals surface area (Å²) in [5.41, 5.74) is 8.58. The Bertz CT molecular complexity index is 695. The Balaban J connectivity index is 0.00000208. The molecule has 1 amide bonds. The third-order valence-corrected chi connectivity index (χ3v) is 4.22. The van der Waals surface area contributed by atoms with Crippen molar-refractivity contribution in [3.8, 4) is 5.75 Å². The van der Waals surface area contributed by atoms with E-state index in [-0.39, 0.29) is 18.3 Å². The molecule has 4 nitrogen and oxygen atoms in total. The summed E-state index contributed by atoms with van der Waals surface area (Å²) in [4.78, 5) is 12.4. The monoisotopic (exact) mass is 346 g/mol. The van der Waals surface area contributed by atoms with Gasteiger partial charge in [-0.05, 0) is 74.6 Å². The number of carbonyl (C=O) groups is 1. The average Bonchev–Trinajstić information content (AvgIpc) is 3.04. The molecule has 1 saturated carbocycles. The van der Waals surface area contributed by atoms with Gasteiger partial charge in [0.1, 0.15) is 5.75 Å². The molecular weight excluding hydrogens is 324 g/mol.